The lowest BCUT2D eigenvalue weighted by Crippen LogP contribution is -2.24. The first-order valence-corrected chi connectivity index (χ1v) is 6.57. The molecule has 1 heterocycles. The van der Waals surface area contributed by atoms with Crippen LogP contribution in [0.25, 0.3) is 0 Å². The third-order valence-electron chi connectivity index (χ3n) is 3.29. The second kappa shape index (κ2) is 4.69. The highest BCUT2D eigenvalue weighted by Crippen LogP contribution is 2.36. The van der Waals surface area contributed by atoms with Crippen LogP contribution in [0.1, 0.15) is 51.3 Å². The average molecular weight is 233 g/mol. The standard InChI is InChI=1S/C15H23NO/c1-5-8-16-11(2)12-6-7-14-13(9-12)10-15(3,4)17-14/h6-7,9,11,16H,5,8,10H2,1-4H3. The van der Waals surface area contributed by atoms with Gasteiger partial charge in [-0.1, -0.05) is 19.1 Å². The van der Waals surface area contributed by atoms with Crippen molar-refractivity contribution in [1.29, 1.82) is 0 Å². The Hall–Kier alpha value is -1.02. The minimum atomic E-state index is -0.0406. The summed E-state index contributed by atoms with van der Waals surface area (Å²) >= 11 is 0. The van der Waals surface area contributed by atoms with E-state index in [0.29, 0.717) is 6.04 Å². The lowest BCUT2D eigenvalue weighted by molar-refractivity contribution is 0.138. The first kappa shape index (κ1) is 12.4. The molecule has 2 rings (SSSR count). The molecule has 0 saturated heterocycles. The number of fused-ring (bicyclic) bond motifs is 1. The fourth-order valence-corrected chi connectivity index (χ4v) is 2.38. The Balaban J connectivity index is 2.13. The predicted octanol–water partition coefficient (Wildman–Crippen LogP) is 3.46. The van der Waals surface area contributed by atoms with Crippen molar-refractivity contribution in [3.63, 3.8) is 0 Å². The van der Waals surface area contributed by atoms with Gasteiger partial charge < -0.3 is 10.1 Å². The van der Waals surface area contributed by atoms with Crippen LogP contribution in [0.15, 0.2) is 18.2 Å². The molecule has 17 heavy (non-hydrogen) atoms. The molecule has 2 nitrogen and oxygen atoms in total. The number of hydrogen-bond donors (Lipinski definition) is 1. The molecule has 1 N–H and O–H groups in total. The van der Waals surface area contributed by atoms with E-state index in [1.165, 1.54) is 17.5 Å². The van der Waals surface area contributed by atoms with Crippen LogP contribution in [0.3, 0.4) is 0 Å². The molecule has 1 aliphatic rings. The molecule has 0 aromatic heterocycles. The lowest BCUT2D eigenvalue weighted by atomic mass is 9.98. The fraction of sp³-hybridized carbons (Fsp3) is 0.600. The van der Waals surface area contributed by atoms with Gasteiger partial charge in [0.25, 0.3) is 0 Å². The molecular weight excluding hydrogens is 210 g/mol. The van der Waals surface area contributed by atoms with E-state index < -0.39 is 0 Å². The molecule has 1 aliphatic heterocycles. The van der Waals surface area contributed by atoms with Gasteiger partial charge in [-0.05, 0) is 50.9 Å². The molecule has 1 atom stereocenters. The molecule has 0 aliphatic carbocycles. The second-order valence-electron chi connectivity index (χ2n) is 5.58. The molecular formula is C15H23NO. The maximum absolute atomic E-state index is 5.89. The van der Waals surface area contributed by atoms with E-state index >= 15 is 0 Å². The maximum atomic E-state index is 5.89. The number of ether oxygens (including phenoxy) is 1. The van der Waals surface area contributed by atoms with Crippen LogP contribution >= 0.6 is 0 Å². The monoisotopic (exact) mass is 233 g/mol. The van der Waals surface area contributed by atoms with E-state index in [1.807, 2.05) is 0 Å². The van der Waals surface area contributed by atoms with Gasteiger partial charge in [0, 0.05) is 12.5 Å². The molecule has 1 aromatic rings. The van der Waals surface area contributed by atoms with Crippen molar-refractivity contribution in [3.8, 4) is 5.75 Å². The van der Waals surface area contributed by atoms with Gasteiger partial charge in [0.2, 0.25) is 0 Å². The molecule has 0 fully saturated rings. The third-order valence-corrected chi connectivity index (χ3v) is 3.29. The fourth-order valence-electron chi connectivity index (χ4n) is 2.38. The van der Waals surface area contributed by atoms with E-state index in [4.69, 9.17) is 4.74 Å². The summed E-state index contributed by atoms with van der Waals surface area (Å²) in [5, 5.41) is 3.52. The van der Waals surface area contributed by atoms with Crippen molar-refractivity contribution in [2.75, 3.05) is 6.54 Å². The minimum absolute atomic E-state index is 0.0406. The first-order valence-electron chi connectivity index (χ1n) is 6.57. The van der Waals surface area contributed by atoms with Gasteiger partial charge >= 0.3 is 0 Å². The Labute approximate surface area is 104 Å². The molecule has 0 bridgehead atoms. The highest BCUT2D eigenvalue weighted by atomic mass is 16.5. The van der Waals surface area contributed by atoms with Gasteiger partial charge in [0.05, 0.1) is 0 Å². The van der Waals surface area contributed by atoms with Crippen LogP contribution in [-0.4, -0.2) is 12.1 Å². The Kier molecular flexibility index (Phi) is 3.43. The van der Waals surface area contributed by atoms with Crippen molar-refractivity contribution in [2.45, 2.75) is 52.2 Å². The van der Waals surface area contributed by atoms with Gasteiger partial charge in [0.15, 0.2) is 0 Å². The topological polar surface area (TPSA) is 21.3 Å². The number of rotatable bonds is 4. The predicted molar refractivity (Wildman–Crippen MR) is 71.6 cm³/mol. The van der Waals surface area contributed by atoms with Gasteiger partial charge in [-0.25, -0.2) is 0 Å². The lowest BCUT2D eigenvalue weighted by Gasteiger charge is -2.16. The van der Waals surface area contributed by atoms with Crippen molar-refractivity contribution >= 4 is 0 Å². The molecule has 0 amide bonds. The minimum Gasteiger partial charge on any atom is -0.487 e. The summed E-state index contributed by atoms with van der Waals surface area (Å²) in [5.41, 5.74) is 2.66. The van der Waals surface area contributed by atoms with E-state index in [9.17, 15) is 0 Å². The zero-order chi connectivity index (χ0) is 12.5. The molecule has 1 aromatic carbocycles. The molecule has 2 heteroatoms. The normalized spacial score (nSPS) is 18.6. The quantitative estimate of drug-likeness (QED) is 0.860. The summed E-state index contributed by atoms with van der Waals surface area (Å²) in [6.45, 7) is 9.77. The van der Waals surface area contributed by atoms with E-state index in [0.717, 1.165) is 18.7 Å². The van der Waals surface area contributed by atoms with Crippen LogP contribution < -0.4 is 10.1 Å². The number of benzene rings is 1. The van der Waals surface area contributed by atoms with E-state index in [2.05, 4.69) is 51.2 Å². The van der Waals surface area contributed by atoms with Gasteiger partial charge in [-0.3, -0.25) is 0 Å². The largest absolute Gasteiger partial charge is 0.487 e. The van der Waals surface area contributed by atoms with Crippen molar-refractivity contribution < 1.29 is 4.74 Å². The summed E-state index contributed by atoms with van der Waals surface area (Å²) in [6.07, 6.45) is 2.18. The van der Waals surface area contributed by atoms with Gasteiger partial charge in [-0.2, -0.15) is 0 Å². The smallest absolute Gasteiger partial charge is 0.123 e. The van der Waals surface area contributed by atoms with Crippen LogP contribution in [0, 0.1) is 0 Å². The molecule has 0 spiro atoms. The van der Waals surface area contributed by atoms with E-state index in [-0.39, 0.29) is 5.60 Å². The van der Waals surface area contributed by atoms with Crippen LogP contribution in [0.4, 0.5) is 0 Å². The Morgan fingerprint density at radius 1 is 1.41 bits per heavy atom. The molecule has 94 valence electrons. The SMILES string of the molecule is CCCNC(C)c1ccc2c(c1)CC(C)(C)O2. The van der Waals surface area contributed by atoms with Crippen molar-refractivity contribution in [1.82, 2.24) is 5.32 Å². The average Bonchev–Trinajstić information content (AvgIpc) is 2.58. The summed E-state index contributed by atoms with van der Waals surface area (Å²) in [7, 11) is 0. The highest BCUT2D eigenvalue weighted by molar-refractivity contribution is 5.42. The van der Waals surface area contributed by atoms with Crippen molar-refractivity contribution in [3.05, 3.63) is 29.3 Å². The summed E-state index contributed by atoms with van der Waals surface area (Å²) in [5.74, 6) is 1.06. The number of hydrogen-bond acceptors (Lipinski definition) is 2. The molecule has 0 radical (unpaired) electrons. The van der Waals surface area contributed by atoms with Gasteiger partial charge in [-0.15, -0.1) is 0 Å². The molecule has 1 unspecified atom stereocenters. The highest BCUT2D eigenvalue weighted by Gasteiger charge is 2.30. The zero-order valence-corrected chi connectivity index (χ0v) is 11.3. The van der Waals surface area contributed by atoms with E-state index in [1.54, 1.807) is 0 Å². The summed E-state index contributed by atoms with van der Waals surface area (Å²) < 4.78 is 5.89. The third kappa shape index (κ3) is 2.81. The van der Waals surface area contributed by atoms with Crippen LogP contribution in [0.2, 0.25) is 0 Å². The maximum Gasteiger partial charge on any atom is 0.123 e. The summed E-state index contributed by atoms with van der Waals surface area (Å²) in [4.78, 5) is 0. The Morgan fingerprint density at radius 2 is 2.18 bits per heavy atom. The Morgan fingerprint density at radius 3 is 2.88 bits per heavy atom. The number of nitrogens with one attached hydrogen (secondary N) is 1. The second-order valence-corrected chi connectivity index (χ2v) is 5.58. The summed E-state index contributed by atoms with van der Waals surface area (Å²) in [6, 6.07) is 7.00. The van der Waals surface area contributed by atoms with Gasteiger partial charge in [0.1, 0.15) is 11.4 Å². The molecule has 0 saturated carbocycles. The van der Waals surface area contributed by atoms with Crippen molar-refractivity contribution in [2.24, 2.45) is 0 Å². The van der Waals surface area contributed by atoms with Crippen LogP contribution in [0.5, 0.6) is 5.75 Å². The van der Waals surface area contributed by atoms with Crippen LogP contribution in [-0.2, 0) is 6.42 Å². The zero-order valence-electron chi connectivity index (χ0n) is 11.3. The first-order chi connectivity index (χ1) is 8.02. The Bertz CT molecular complexity index is 398.